The summed E-state index contributed by atoms with van der Waals surface area (Å²) in [5, 5.41) is 0. The molecule has 5 nitrogen and oxygen atoms in total. The van der Waals surface area contributed by atoms with Crippen molar-refractivity contribution in [2.75, 3.05) is 6.61 Å². The molecule has 13 heavy (non-hydrogen) atoms. The number of hydrogen-bond acceptors (Lipinski definition) is 4. The van der Waals surface area contributed by atoms with Gasteiger partial charge in [0.05, 0.1) is 12.9 Å². The maximum Gasteiger partial charge on any atom is 0.360 e. The summed E-state index contributed by atoms with van der Waals surface area (Å²) in [7, 11) is 0. The first kappa shape index (κ1) is 9.37. The molecule has 0 aliphatic heterocycles. The zero-order valence-corrected chi connectivity index (χ0v) is 6.83. The fourth-order valence-electron chi connectivity index (χ4n) is 0.725. The van der Waals surface area contributed by atoms with Gasteiger partial charge in [-0.1, -0.05) is 0 Å². The van der Waals surface area contributed by atoms with E-state index in [1.165, 1.54) is 0 Å². The average molecular weight is 186 g/mol. The first-order valence-electron chi connectivity index (χ1n) is 3.57. The van der Waals surface area contributed by atoms with Gasteiger partial charge in [-0.2, -0.15) is 4.39 Å². The Balaban J connectivity index is 3.08. The molecule has 0 saturated carbocycles. The van der Waals surface area contributed by atoms with E-state index >= 15 is 0 Å². The number of hydrogen-bond donors (Lipinski definition) is 1. The number of nitrogens with one attached hydrogen (secondary N) is 1. The van der Waals surface area contributed by atoms with Gasteiger partial charge in [-0.15, -0.1) is 0 Å². The second-order valence-electron chi connectivity index (χ2n) is 2.11. The van der Waals surface area contributed by atoms with Crippen molar-refractivity contribution in [3.05, 3.63) is 28.2 Å². The highest BCUT2D eigenvalue weighted by atomic mass is 19.1. The largest absolute Gasteiger partial charge is 0.461 e. The Kier molecular flexibility index (Phi) is 2.73. The summed E-state index contributed by atoms with van der Waals surface area (Å²) >= 11 is 0. The van der Waals surface area contributed by atoms with E-state index in [1.54, 1.807) is 6.92 Å². The van der Waals surface area contributed by atoms with E-state index in [0.29, 0.717) is 0 Å². The molecule has 0 aliphatic rings. The van der Waals surface area contributed by atoms with Gasteiger partial charge in [0.25, 0.3) is 5.56 Å². The topological polar surface area (TPSA) is 72.0 Å². The first-order chi connectivity index (χ1) is 6.16. The monoisotopic (exact) mass is 186 g/mol. The fourth-order valence-corrected chi connectivity index (χ4v) is 0.725. The van der Waals surface area contributed by atoms with Crippen molar-refractivity contribution in [2.45, 2.75) is 6.92 Å². The number of nitrogens with zero attached hydrogens (tertiary/aromatic N) is 1. The number of rotatable bonds is 2. The Morgan fingerprint density at radius 2 is 2.46 bits per heavy atom. The molecule has 0 aromatic carbocycles. The Labute approximate surface area is 72.6 Å². The highest BCUT2D eigenvalue weighted by Gasteiger charge is 2.16. The molecule has 0 atom stereocenters. The maximum atomic E-state index is 12.9. The summed E-state index contributed by atoms with van der Waals surface area (Å²) in [6.07, 6.45) is 0.942. The van der Waals surface area contributed by atoms with E-state index in [2.05, 4.69) is 9.72 Å². The van der Waals surface area contributed by atoms with Crippen LogP contribution in [-0.2, 0) is 4.74 Å². The van der Waals surface area contributed by atoms with Gasteiger partial charge in [0.15, 0.2) is 5.69 Å². The summed E-state index contributed by atoms with van der Waals surface area (Å²) in [4.78, 5) is 27.0. The summed E-state index contributed by atoms with van der Waals surface area (Å²) in [6.45, 7) is 1.68. The Morgan fingerprint density at radius 3 is 3.08 bits per heavy atom. The van der Waals surface area contributed by atoms with E-state index in [4.69, 9.17) is 0 Å². The molecule has 0 saturated heterocycles. The van der Waals surface area contributed by atoms with Crippen LogP contribution < -0.4 is 5.56 Å². The Hall–Kier alpha value is -1.72. The van der Waals surface area contributed by atoms with E-state index in [9.17, 15) is 14.0 Å². The molecule has 70 valence electrons. The number of carbonyl (C=O) groups is 1. The zero-order valence-electron chi connectivity index (χ0n) is 6.83. The molecular weight excluding hydrogens is 179 g/mol. The van der Waals surface area contributed by atoms with Gasteiger partial charge in [-0.25, -0.2) is 9.78 Å². The van der Waals surface area contributed by atoms with Crippen molar-refractivity contribution in [2.24, 2.45) is 0 Å². The summed E-state index contributed by atoms with van der Waals surface area (Å²) in [5.41, 5.74) is -1.58. The van der Waals surface area contributed by atoms with Crippen LogP contribution in [-0.4, -0.2) is 22.5 Å². The standard InChI is InChI=1S/C7H7FN2O3/c1-2-13-7(12)5-4(8)6(11)10-3-9-5/h3H,2H2,1H3,(H,9,10,11). The van der Waals surface area contributed by atoms with Crippen LogP contribution in [0.5, 0.6) is 0 Å². The number of carbonyl (C=O) groups excluding carboxylic acids is 1. The summed E-state index contributed by atoms with van der Waals surface area (Å²) < 4.78 is 17.3. The van der Waals surface area contributed by atoms with Crippen molar-refractivity contribution < 1.29 is 13.9 Å². The van der Waals surface area contributed by atoms with Crippen molar-refractivity contribution in [3.8, 4) is 0 Å². The van der Waals surface area contributed by atoms with E-state index in [1.807, 2.05) is 4.98 Å². The van der Waals surface area contributed by atoms with Gasteiger partial charge in [0, 0.05) is 0 Å². The molecule has 1 aromatic rings. The third kappa shape index (κ3) is 1.90. The van der Waals surface area contributed by atoms with Gasteiger partial charge in [-0.3, -0.25) is 4.79 Å². The third-order valence-electron chi connectivity index (χ3n) is 1.27. The molecule has 0 bridgehead atoms. The van der Waals surface area contributed by atoms with Crippen molar-refractivity contribution in [1.29, 1.82) is 0 Å². The molecular formula is C7H7FN2O3. The third-order valence-corrected chi connectivity index (χ3v) is 1.27. The van der Waals surface area contributed by atoms with E-state index < -0.39 is 23.0 Å². The molecule has 1 N–H and O–H groups in total. The minimum atomic E-state index is -1.22. The Bertz CT molecular complexity index is 374. The van der Waals surface area contributed by atoms with Crippen LogP contribution in [0.15, 0.2) is 11.1 Å². The average Bonchev–Trinajstić information content (AvgIpc) is 2.10. The molecule has 0 amide bonds. The molecule has 0 spiro atoms. The molecule has 0 aliphatic carbocycles. The van der Waals surface area contributed by atoms with Gasteiger partial charge in [-0.05, 0) is 6.92 Å². The van der Waals surface area contributed by atoms with Crippen molar-refractivity contribution in [1.82, 2.24) is 9.97 Å². The highest BCUT2D eigenvalue weighted by molar-refractivity contribution is 5.87. The number of aromatic nitrogens is 2. The number of halogens is 1. The number of aromatic amines is 1. The van der Waals surface area contributed by atoms with Gasteiger partial charge in [0.1, 0.15) is 0 Å². The van der Waals surface area contributed by atoms with Crippen LogP contribution >= 0.6 is 0 Å². The predicted molar refractivity (Wildman–Crippen MR) is 40.8 cm³/mol. The first-order valence-corrected chi connectivity index (χ1v) is 3.57. The normalized spacial score (nSPS) is 9.69. The molecule has 0 unspecified atom stereocenters. The van der Waals surface area contributed by atoms with Gasteiger partial charge < -0.3 is 9.72 Å². The van der Waals surface area contributed by atoms with Crippen LogP contribution in [0.3, 0.4) is 0 Å². The lowest BCUT2D eigenvalue weighted by Gasteiger charge is -1.99. The lowest BCUT2D eigenvalue weighted by atomic mass is 10.4. The minimum absolute atomic E-state index is 0.104. The van der Waals surface area contributed by atoms with Crippen LogP contribution in [0.1, 0.15) is 17.4 Å². The van der Waals surface area contributed by atoms with Gasteiger partial charge in [0.2, 0.25) is 5.82 Å². The van der Waals surface area contributed by atoms with Crippen LogP contribution in [0.4, 0.5) is 4.39 Å². The van der Waals surface area contributed by atoms with Crippen LogP contribution in [0.25, 0.3) is 0 Å². The highest BCUT2D eigenvalue weighted by Crippen LogP contribution is 1.98. The molecule has 0 radical (unpaired) electrons. The quantitative estimate of drug-likeness (QED) is 0.664. The second kappa shape index (κ2) is 3.79. The zero-order chi connectivity index (χ0) is 9.84. The molecule has 1 rings (SSSR count). The summed E-state index contributed by atoms with van der Waals surface area (Å²) in [5.74, 6) is -2.16. The smallest absolute Gasteiger partial charge is 0.360 e. The predicted octanol–water partition coefficient (Wildman–Crippen LogP) is 0.0857. The van der Waals surface area contributed by atoms with Gasteiger partial charge >= 0.3 is 5.97 Å². The molecule has 1 heterocycles. The van der Waals surface area contributed by atoms with Crippen LogP contribution in [0, 0.1) is 5.82 Å². The van der Waals surface area contributed by atoms with Crippen molar-refractivity contribution >= 4 is 5.97 Å². The Morgan fingerprint density at radius 1 is 1.77 bits per heavy atom. The minimum Gasteiger partial charge on any atom is -0.461 e. The second-order valence-corrected chi connectivity index (χ2v) is 2.11. The molecule has 6 heteroatoms. The number of esters is 1. The van der Waals surface area contributed by atoms with E-state index in [0.717, 1.165) is 6.33 Å². The van der Waals surface area contributed by atoms with Crippen LogP contribution in [0.2, 0.25) is 0 Å². The molecule has 0 fully saturated rings. The summed E-state index contributed by atoms with van der Waals surface area (Å²) in [6, 6.07) is 0. The number of H-pyrrole nitrogens is 1. The lowest BCUT2D eigenvalue weighted by Crippen LogP contribution is -2.19. The lowest BCUT2D eigenvalue weighted by molar-refractivity contribution is 0.0513. The maximum absolute atomic E-state index is 12.9. The van der Waals surface area contributed by atoms with Crippen molar-refractivity contribution in [3.63, 3.8) is 0 Å². The number of ether oxygens (including phenoxy) is 1. The van der Waals surface area contributed by atoms with E-state index in [-0.39, 0.29) is 6.61 Å². The molecule has 1 aromatic heterocycles. The SMILES string of the molecule is CCOC(=O)c1nc[nH]c(=O)c1F. The fraction of sp³-hybridized carbons (Fsp3) is 0.286.